The third-order valence-electron chi connectivity index (χ3n) is 3.07. The molecule has 0 atom stereocenters. The number of carbonyl (C=O) groups is 1. The van der Waals surface area contributed by atoms with Gasteiger partial charge in [0.2, 0.25) is 5.91 Å². The summed E-state index contributed by atoms with van der Waals surface area (Å²) in [7, 11) is -3.32. The zero-order chi connectivity index (χ0) is 13.4. The monoisotopic (exact) mass is 269 g/mol. The van der Waals surface area contributed by atoms with Gasteiger partial charge in [0, 0.05) is 6.26 Å². The van der Waals surface area contributed by atoms with Crippen LogP contribution in [-0.2, 0) is 14.6 Å². The zero-order valence-electron chi connectivity index (χ0n) is 10.0. The van der Waals surface area contributed by atoms with Crippen LogP contribution in [0.2, 0.25) is 0 Å². The highest BCUT2D eigenvalue weighted by atomic mass is 32.2. The second-order valence-corrected chi connectivity index (χ2v) is 6.58. The number of pyridine rings is 1. The van der Waals surface area contributed by atoms with Crippen LogP contribution in [0.3, 0.4) is 0 Å². The predicted octanol–water partition coefficient (Wildman–Crippen LogP) is 0.305. The second-order valence-electron chi connectivity index (χ2n) is 4.62. The van der Waals surface area contributed by atoms with Gasteiger partial charge in [0.15, 0.2) is 14.9 Å². The third kappa shape index (κ3) is 2.51. The van der Waals surface area contributed by atoms with E-state index in [-0.39, 0.29) is 10.9 Å². The van der Waals surface area contributed by atoms with Crippen molar-refractivity contribution in [3.63, 3.8) is 0 Å². The standard InChI is InChI=1S/C11H15N3O3S/c1-18(16,17)9-4-3-8(7-13-9)14-10(15)11(12)5-2-6-11/h3-4,7H,2,5-6,12H2,1H3,(H,14,15). The fourth-order valence-electron chi connectivity index (χ4n) is 1.71. The molecule has 0 saturated heterocycles. The van der Waals surface area contributed by atoms with Gasteiger partial charge in [-0.2, -0.15) is 0 Å². The van der Waals surface area contributed by atoms with Crippen LogP contribution in [0.1, 0.15) is 19.3 Å². The fraction of sp³-hybridized carbons (Fsp3) is 0.455. The maximum absolute atomic E-state index is 11.8. The van der Waals surface area contributed by atoms with E-state index in [0.717, 1.165) is 12.7 Å². The Morgan fingerprint density at radius 1 is 1.44 bits per heavy atom. The molecule has 1 fully saturated rings. The largest absolute Gasteiger partial charge is 0.323 e. The van der Waals surface area contributed by atoms with Crippen molar-refractivity contribution in [3.05, 3.63) is 18.3 Å². The van der Waals surface area contributed by atoms with Crippen LogP contribution < -0.4 is 11.1 Å². The van der Waals surface area contributed by atoms with Gasteiger partial charge >= 0.3 is 0 Å². The molecule has 1 aliphatic rings. The summed E-state index contributed by atoms with van der Waals surface area (Å²) in [5, 5.41) is 2.62. The van der Waals surface area contributed by atoms with Gasteiger partial charge in [0.1, 0.15) is 0 Å². The number of carbonyl (C=O) groups excluding carboxylic acids is 1. The topological polar surface area (TPSA) is 102 Å². The van der Waals surface area contributed by atoms with Crippen molar-refractivity contribution < 1.29 is 13.2 Å². The summed E-state index contributed by atoms with van der Waals surface area (Å²) in [4.78, 5) is 15.6. The molecule has 98 valence electrons. The lowest BCUT2D eigenvalue weighted by Gasteiger charge is -2.36. The van der Waals surface area contributed by atoms with E-state index in [4.69, 9.17) is 5.73 Å². The Balaban J connectivity index is 2.09. The van der Waals surface area contributed by atoms with Gasteiger partial charge in [-0.25, -0.2) is 13.4 Å². The van der Waals surface area contributed by atoms with Crippen LogP contribution >= 0.6 is 0 Å². The first kappa shape index (κ1) is 13.0. The molecule has 0 bridgehead atoms. The van der Waals surface area contributed by atoms with Gasteiger partial charge in [-0.15, -0.1) is 0 Å². The molecular weight excluding hydrogens is 254 g/mol. The number of hydrogen-bond donors (Lipinski definition) is 2. The Morgan fingerprint density at radius 3 is 2.50 bits per heavy atom. The number of hydrogen-bond acceptors (Lipinski definition) is 5. The molecule has 1 aliphatic carbocycles. The average Bonchev–Trinajstić information content (AvgIpc) is 2.25. The first-order valence-corrected chi connectivity index (χ1v) is 7.47. The molecule has 18 heavy (non-hydrogen) atoms. The highest BCUT2D eigenvalue weighted by molar-refractivity contribution is 7.90. The fourth-order valence-corrected chi connectivity index (χ4v) is 2.27. The summed E-state index contributed by atoms with van der Waals surface area (Å²) >= 11 is 0. The van der Waals surface area contributed by atoms with E-state index in [1.807, 2.05) is 0 Å². The molecule has 0 spiro atoms. The highest BCUT2D eigenvalue weighted by Crippen LogP contribution is 2.30. The first-order chi connectivity index (χ1) is 8.31. The van der Waals surface area contributed by atoms with Crippen molar-refractivity contribution in [3.8, 4) is 0 Å². The highest BCUT2D eigenvalue weighted by Gasteiger charge is 2.40. The van der Waals surface area contributed by atoms with Gasteiger partial charge in [0.25, 0.3) is 0 Å². The van der Waals surface area contributed by atoms with E-state index in [9.17, 15) is 13.2 Å². The molecule has 0 radical (unpaired) electrons. The summed E-state index contributed by atoms with van der Waals surface area (Å²) in [5.41, 5.74) is 5.53. The number of nitrogens with one attached hydrogen (secondary N) is 1. The lowest BCUT2D eigenvalue weighted by atomic mass is 9.77. The van der Waals surface area contributed by atoms with Crippen molar-refractivity contribution >= 4 is 21.4 Å². The Morgan fingerprint density at radius 2 is 2.11 bits per heavy atom. The van der Waals surface area contributed by atoms with Crippen molar-refractivity contribution in [2.45, 2.75) is 29.8 Å². The van der Waals surface area contributed by atoms with Gasteiger partial charge in [-0.05, 0) is 31.4 Å². The Bertz CT molecular complexity index is 562. The first-order valence-electron chi connectivity index (χ1n) is 5.58. The molecule has 7 heteroatoms. The molecule has 6 nitrogen and oxygen atoms in total. The molecule has 0 aromatic carbocycles. The lowest BCUT2D eigenvalue weighted by Crippen LogP contribution is -2.56. The van der Waals surface area contributed by atoms with Crippen molar-refractivity contribution in [2.75, 3.05) is 11.6 Å². The van der Waals surface area contributed by atoms with Crippen molar-refractivity contribution in [1.29, 1.82) is 0 Å². The van der Waals surface area contributed by atoms with Gasteiger partial charge in [-0.3, -0.25) is 4.79 Å². The normalized spacial score (nSPS) is 17.9. The number of nitrogens with two attached hydrogens (primary N) is 1. The van der Waals surface area contributed by atoms with Crippen LogP contribution in [0.5, 0.6) is 0 Å². The van der Waals surface area contributed by atoms with Gasteiger partial charge < -0.3 is 11.1 Å². The minimum absolute atomic E-state index is 0.0217. The number of sulfone groups is 1. The average molecular weight is 269 g/mol. The Kier molecular flexibility index (Phi) is 3.12. The van der Waals surface area contributed by atoms with E-state index in [1.54, 1.807) is 0 Å². The maximum Gasteiger partial charge on any atom is 0.244 e. The van der Waals surface area contributed by atoms with E-state index >= 15 is 0 Å². The number of aromatic nitrogens is 1. The molecule has 1 heterocycles. The summed E-state index contributed by atoms with van der Waals surface area (Å²) < 4.78 is 22.4. The summed E-state index contributed by atoms with van der Waals surface area (Å²) in [5.74, 6) is -0.248. The minimum Gasteiger partial charge on any atom is -0.323 e. The minimum atomic E-state index is -3.32. The quantitative estimate of drug-likeness (QED) is 0.822. The molecule has 1 aromatic heterocycles. The van der Waals surface area contributed by atoms with Crippen LogP contribution in [0.4, 0.5) is 5.69 Å². The third-order valence-corrected chi connectivity index (χ3v) is 4.07. The van der Waals surface area contributed by atoms with Gasteiger partial charge in [-0.1, -0.05) is 0 Å². The Labute approximate surface area is 106 Å². The molecule has 1 saturated carbocycles. The number of amides is 1. The lowest BCUT2D eigenvalue weighted by molar-refractivity contribution is -0.123. The van der Waals surface area contributed by atoms with Crippen molar-refractivity contribution in [1.82, 2.24) is 4.98 Å². The summed E-state index contributed by atoms with van der Waals surface area (Å²) in [6, 6.07) is 2.86. The van der Waals surface area contributed by atoms with Crippen LogP contribution in [0, 0.1) is 0 Å². The second kappa shape index (κ2) is 4.33. The molecule has 3 N–H and O–H groups in total. The smallest absolute Gasteiger partial charge is 0.244 e. The van der Waals surface area contributed by atoms with Crippen LogP contribution in [0.15, 0.2) is 23.4 Å². The number of anilines is 1. The molecule has 0 unspecified atom stereocenters. The SMILES string of the molecule is CS(=O)(=O)c1ccc(NC(=O)C2(N)CCC2)cn1. The maximum atomic E-state index is 11.8. The number of nitrogens with zero attached hydrogens (tertiary/aromatic N) is 1. The van der Waals surface area contributed by atoms with E-state index in [0.29, 0.717) is 18.5 Å². The molecule has 1 amide bonds. The molecule has 2 rings (SSSR count). The molecule has 0 aliphatic heterocycles. The van der Waals surface area contributed by atoms with Crippen LogP contribution in [-0.4, -0.2) is 31.1 Å². The van der Waals surface area contributed by atoms with Crippen LogP contribution in [0.25, 0.3) is 0 Å². The van der Waals surface area contributed by atoms with E-state index in [2.05, 4.69) is 10.3 Å². The predicted molar refractivity (Wildman–Crippen MR) is 66.7 cm³/mol. The van der Waals surface area contributed by atoms with E-state index < -0.39 is 15.4 Å². The summed E-state index contributed by atoms with van der Waals surface area (Å²) in [6.07, 6.45) is 4.70. The molecular formula is C11H15N3O3S. The number of rotatable bonds is 3. The summed E-state index contributed by atoms with van der Waals surface area (Å²) in [6.45, 7) is 0. The van der Waals surface area contributed by atoms with E-state index in [1.165, 1.54) is 18.3 Å². The Hall–Kier alpha value is -1.47. The van der Waals surface area contributed by atoms with Gasteiger partial charge in [0.05, 0.1) is 17.4 Å². The zero-order valence-corrected chi connectivity index (χ0v) is 10.8. The molecule has 1 aromatic rings. The van der Waals surface area contributed by atoms with Crippen molar-refractivity contribution in [2.24, 2.45) is 5.73 Å².